The third kappa shape index (κ3) is 4.50. The van der Waals surface area contributed by atoms with E-state index in [9.17, 15) is 4.79 Å². The number of carbonyl (C=O) groups excluding carboxylic acids is 1. The van der Waals surface area contributed by atoms with E-state index in [4.69, 9.17) is 0 Å². The fourth-order valence-corrected chi connectivity index (χ4v) is 10.2. The molecule has 0 unspecified atom stereocenters. The summed E-state index contributed by atoms with van der Waals surface area (Å²) < 4.78 is 3.99. The maximum Gasteiger partial charge on any atom is 0.317 e. The van der Waals surface area contributed by atoms with E-state index in [0.717, 1.165) is 45.4 Å². The van der Waals surface area contributed by atoms with Gasteiger partial charge in [0, 0.05) is 48.5 Å². The highest BCUT2D eigenvalue weighted by atomic mass is 79.9. The number of nitrogens with one attached hydrogen (secondary N) is 1. The van der Waals surface area contributed by atoms with Gasteiger partial charge in [-0.2, -0.15) is 0 Å². The van der Waals surface area contributed by atoms with Crippen LogP contribution in [0, 0.1) is 0 Å². The predicted octanol–water partition coefficient (Wildman–Crippen LogP) is 6.80. The van der Waals surface area contributed by atoms with Gasteiger partial charge in [-0.25, -0.2) is 4.79 Å². The lowest BCUT2D eigenvalue weighted by Gasteiger charge is -2.47. The number of hydrogen-bond acceptors (Lipinski definition) is 2. The second kappa shape index (κ2) is 9.86. The summed E-state index contributed by atoms with van der Waals surface area (Å²) in [4.78, 5) is 17.5. The predicted molar refractivity (Wildman–Crippen MR) is 154 cm³/mol. The molecule has 2 aromatic rings. The number of amides is 2. The van der Waals surface area contributed by atoms with Gasteiger partial charge in [0.25, 0.3) is 0 Å². The molecular weight excluding hydrogens is 516 g/mol. The first kappa shape index (κ1) is 26.7. The van der Waals surface area contributed by atoms with Crippen LogP contribution in [0.25, 0.3) is 10.9 Å². The average molecular weight is 562 g/mol. The minimum Gasteiger partial charge on any atom is -0.362 e. The Balaban J connectivity index is 1.78. The topological polar surface area (TPSA) is 40.5 Å². The first-order valence-electron chi connectivity index (χ1n) is 13.6. The Labute approximate surface area is 221 Å². The Kier molecular flexibility index (Phi) is 7.54. The molecule has 3 atom stereocenters. The highest BCUT2D eigenvalue weighted by Crippen LogP contribution is 2.49. The number of hydrogen-bond donors (Lipinski definition) is 1. The van der Waals surface area contributed by atoms with Crippen molar-refractivity contribution < 1.29 is 4.79 Å². The van der Waals surface area contributed by atoms with Crippen molar-refractivity contribution in [2.24, 2.45) is 0 Å². The first-order valence-corrected chi connectivity index (χ1v) is 17.3. The van der Waals surface area contributed by atoms with E-state index in [1.165, 1.54) is 26.6 Å². The molecule has 4 rings (SSSR count). The number of piperidine rings is 1. The first-order chi connectivity index (χ1) is 16.5. The SMILES string of the molecule is CCCN1C[C@@H](NC(=O)N(CC)CC)C[C@@H]2c3cccc4c3c(c(Br)n4[Si](C)(C)C(C)(C)C)C[C@H]21. The lowest BCUT2D eigenvalue weighted by Crippen LogP contribution is -2.57. The van der Waals surface area contributed by atoms with Gasteiger partial charge in [0.15, 0.2) is 8.24 Å². The average Bonchev–Trinajstić information content (AvgIpc) is 3.08. The molecule has 1 saturated heterocycles. The van der Waals surface area contributed by atoms with Crippen molar-refractivity contribution in [3.05, 3.63) is 33.9 Å². The molecule has 0 spiro atoms. The van der Waals surface area contributed by atoms with Crippen molar-refractivity contribution in [2.75, 3.05) is 26.2 Å². The fraction of sp³-hybridized carbons (Fsp3) is 0.679. The molecule has 1 fully saturated rings. The zero-order valence-corrected chi connectivity index (χ0v) is 25.6. The van der Waals surface area contributed by atoms with Crippen LogP contribution in [0.1, 0.15) is 71.4 Å². The summed E-state index contributed by atoms with van der Waals surface area (Å²) >= 11 is 4.12. The van der Waals surface area contributed by atoms with Crippen molar-refractivity contribution in [3.63, 3.8) is 0 Å². The maximum absolute atomic E-state index is 12.9. The van der Waals surface area contributed by atoms with Crippen molar-refractivity contribution in [2.45, 2.75) is 96.9 Å². The van der Waals surface area contributed by atoms with Crippen LogP contribution in [0.3, 0.4) is 0 Å². The molecule has 0 bridgehead atoms. The summed E-state index contributed by atoms with van der Waals surface area (Å²) in [6.45, 7) is 22.1. The Morgan fingerprint density at radius 3 is 2.49 bits per heavy atom. The second-order valence-electron chi connectivity index (χ2n) is 12.1. The van der Waals surface area contributed by atoms with Gasteiger partial charge in [0.05, 0.1) is 4.60 Å². The second-order valence-corrected chi connectivity index (χ2v) is 17.9. The summed E-state index contributed by atoms with van der Waals surface area (Å²) in [5, 5.41) is 5.11. The third-order valence-corrected chi connectivity index (χ3v) is 15.5. The molecular formula is C28H45BrN4OSi. The lowest BCUT2D eigenvalue weighted by atomic mass is 9.74. The zero-order valence-electron chi connectivity index (χ0n) is 23.0. The Morgan fingerprint density at radius 1 is 1.20 bits per heavy atom. The Hall–Kier alpha value is -1.31. The molecule has 1 N–H and O–H groups in total. The van der Waals surface area contributed by atoms with Crippen LogP contribution in [0.5, 0.6) is 0 Å². The maximum atomic E-state index is 12.9. The van der Waals surface area contributed by atoms with E-state index in [1.54, 1.807) is 0 Å². The largest absolute Gasteiger partial charge is 0.362 e. The normalized spacial score (nSPS) is 22.8. The third-order valence-electron chi connectivity index (χ3n) is 9.09. The molecule has 7 heteroatoms. The number of aromatic nitrogens is 1. The number of urea groups is 1. The van der Waals surface area contributed by atoms with Crippen LogP contribution in [0.2, 0.25) is 18.1 Å². The van der Waals surface area contributed by atoms with Crippen molar-refractivity contribution in [3.8, 4) is 0 Å². The molecule has 2 heterocycles. The zero-order chi connectivity index (χ0) is 25.7. The molecule has 1 aromatic heterocycles. The molecule has 0 radical (unpaired) electrons. The van der Waals surface area contributed by atoms with Gasteiger partial charge in [-0.05, 0) is 77.8 Å². The summed E-state index contributed by atoms with van der Waals surface area (Å²) in [6, 6.07) is 7.71. The summed E-state index contributed by atoms with van der Waals surface area (Å²) in [6.07, 6.45) is 3.22. The van der Waals surface area contributed by atoms with E-state index in [0.29, 0.717) is 12.0 Å². The highest BCUT2D eigenvalue weighted by molar-refractivity contribution is 9.10. The van der Waals surface area contributed by atoms with E-state index >= 15 is 0 Å². The van der Waals surface area contributed by atoms with Crippen LogP contribution in [-0.4, -0.2) is 66.6 Å². The van der Waals surface area contributed by atoms with E-state index in [1.807, 2.05) is 4.90 Å². The summed E-state index contributed by atoms with van der Waals surface area (Å²) in [5.74, 6) is 0.440. The number of rotatable bonds is 6. The van der Waals surface area contributed by atoms with Crippen molar-refractivity contribution in [1.82, 2.24) is 19.3 Å². The van der Waals surface area contributed by atoms with E-state index in [-0.39, 0.29) is 17.1 Å². The van der Waals surface area contributed by atoms with Crippen LogP contribution in [0.4, 0.5) is 4.79 Å². The van der Waals surface area contributed by atoms with Gasteiger partial charge in [0.2, 0.25) is 0 Å². The molecule has 2 aliphatic rings. The minimum atomic E-state index is -1.82. The molecule has 1 aliphatic carbocycles. The number of benzene rings is 1. The van der Waals surface area contributed by atoms with Crippen LogP contribution >= 0.6 is 15.9 Å². The lowest BCUT2D eigenvalue weighted by molar-refractivity contribution is 0.0978. The minimum absolute atomic E-state index is 0.0800. The summed E-state index contributed by atoms with van der Waals surface area (Å²) in [5.41, 5.74) is 4.37. The number of carbonyl (C=O) groups is 1. The van der Waals surface area contributed by atoms with Crippen molar-refractivity contribution in [1.29, 1.82) is 0 Å². The molecule has 1 aromatic carbocycles. The van der Waals surface area contributed by atoms with Gasteiger partial charge in [-0.1, -0.05) is 52.9 Å². The van der Waals surface area contributed by atoms with Crippen molar-refractivity contribution >= 4 is 41.1 Å². The van der Waals surface area contributed by atoms with E-state index in [2.05, 4.69) is 103 Å². The Bertz CT molecular complexity index is 1080. The molecule has 5 nitrogen and oxygen atoms in total. The van der Waals surface area contributed by atoms with Crippen LogP contribution < -0.4 is 5.32 Å². The molecule has 1 aliphatic heterocycles. The van der Waals surface area contributed by atoms with E-state index < -0.39 is 8.24 Å². The number of likely N-dealkylation sites (tertiary alicyclic amines) is 1. The van der Waals surface area contributed by atoms with Gasteiger partial charge in [-0.3, -0.25) is 4.90 Å². The number of halogens is 1. The van der Waals surface area contributed by atoms with Crippen LogP contribution in [-0.2, 0) is 6.42 Å². The fourth-order valence-electron chi connectivity index (χ4n) is 6.25. The molecule has 0 saturated carbocycles. The van der Waals surface area contributed by atoms with Crippen LogP contribution in [0.15, 0.2) is 22.8 Å². The highest BCUT2D eigenvalue weighted by Gasteiger charge is 2.45. The van der Waals surface area contributed by atoms with Gasteiger partial charge < -0.3 is 14.4 Å². The Morgan fingerprint density at radius 2 is 1.89 bits per heavy atom. The quantitative estimate of drug-likeness (QED) is 0.394. The summed E-state index contributed by atoms with van der Waals surface area (Å²) in [7, 11) is -1.82. The standard InChI is InChI=1S/C28H45BrN4OSi/c1-9-15-32-18-19(30-27(34)31(10-2)11-3)16-21-20-13-12-14-23-25(20)22(17-24(21)32)26(29)33(23)35(7,8)28(4,5)6/h12-14,19,21,24H,9-11,15-18H2,1-8H3,(H,30,34)/t19-,21+,24+/m0/s1. The smallest absolute Gasteiger partial charge is 0.317 e. The van der Waals surface area contributed by atoms with Gasteiger partial charge >= 0.3 is 6.03 Å². The van der Waals surface area contributed by atoms with Gasteiger partial charge in [-0.15, -0.1) is 0 Å². The number of nitrogens with zero attached hydrogens (tertiary/aromatic N) is 3. The molecule has 194 valence electrons. The monoisotopic (exact) mass is 560 g/mol. The molecule has 35 heavy (non-hydrogen) atoms. The molecule has 2 amide bonds. The number of fused-ring (bicyclic) bond motifs is 2. The van der Waals surface area contributed by atoms with Gasteiger partial charge in [0.1, 0.15) is 0 Å².